The number of nitrogens with zero attached hydrogens (tertiary/aromatic N) is 1. The van der Waals surface area contributed by atoms with Gasteiger partial charge < -0.3 is 31.2 Å². The molecule has 0 aromatic heterocycles. The molecule has 1 saturated heterocycles. The maximum absolute atomic E-state index is 6.12. The molecule has 2 aliphatic heterocycles. The third kappa shape index (κ3) is 1.83. The highest BCUT2D eigenvalue weighted by molar-refractivity contribution is 5.74. The number of anilines is 2. The van der Waals surface area contributed by atoms with Crippen molar-refractivity contribution in [3.63, 3.8) is 0 Å². The van der Waals surface area contributed by atoms with Crippen molar-refractivity contribution in [1.82, 2.24) is 5.32 Å². The van der Waals surface area contributed by atoms with Crippen molar-refractivity contribution in [2.75, 3.05) is 43.5 Å². The molecule has 0 saturated carbocycles. The van der Waals surface area contributed by atoms with Crippen LogP contribution >= 0.6 is 0 Å². The lowest BCUT2D eigenvalue weighted by atomic mass is 10.1. The van der Waals surface area contributed by atoms with Crippen LogP contribution in [0.5, 0.6) is 11.5 Å². The molecule has 1 fully saturated rings. The van der Waals surface area contributed by atoms with Crippen molar-refractivity contribution >= 4 is 11.4 Å². The van der Waals surface area contributed by atoms with Gasteiger partial charge in [-0.3, -0.25) is 0 Å². The predicted molar refractivity (Wildman–Crippen MR) is 70.0 cm³/mol. The summed E-state index contributed by atoms with van der Waals surface area (Å²) in [5.74, 6) is 1.36. The molecule has 0 bridgehead atoms. The summed E-state index contributed by atoms with van der Waals surface area (Å²) in [6.45, 7) is 3.60. The van der Waals surface area contributed by atoms with Crippen LogP contribution in [0.15, 0.2) is 12.1 Å². The van der Waals surface area contributed by atoms with Gasteiger partial charge in [-0.15, -0.1) is 0 Å². The first-order valence-corrected chi connectivity index (χ1v) is 6.18. The molecular weight excluding hydrogens is 232 g/mol. The highest BCUT2D eigenvalue weighted by atomic mass is 16.6. The van der Waals surface area contributed by atoms with Crippen LogP contribution in [0.25, 0.3) is 0 Å². The van der Waals surface area contributed by atoms with Gasteiger partial charge in [0.15, 0.2) is 11.5 Å². The molecular formula is C12H18N4O2. The largest absolute Gasteiger partial charge is 0.484 e. The number of nitrogens with one attached hydrogen (secondary N) is 1. The molecule has 0 radical (unpaired) electrons. The second-order valence-electron chi connectivity index (χ2n) is 4.49. The lowest BCUT2D eigenvalue weighted by molar-refractivity contribution is 0.173. The van der Waals surface area contributed by atoms with Crippen LogP contribution in [-0.2, 0) is 0 Å². The van der Waals surface area contributed by atoms with Gasteiger partial charge in [-0.25, -0.2) is 0 Å². The quantitative estimate of drug-likeness (QED) is 0.595. The van der Waals surface area contributed by atoms with Crippen LogP contribution < -0.4 is 31.2 Å². The molecule has 3 rings (SSSR count). The molecule has 98 valence electrons. The molecule has 5 N–H and O–H groups in total. The van der Waals surface area contributed by atoms with Crippen LogP contribution in [0.1, 0.15) is 0 Å². The van der Waals surface area contributed by atoms with Crippen molar-refractivity contribution in [3.8, 4) is 11.5 Å². The number of nitrogens with two attached hydrogens (primary N) is 2. The van der Waals surface area contributed by atoms with Crippen molar-refractivity contribution in [3.05, 3.63) is 12.1 Å². The van der Waals surface area contributed by atoms with Crippen LogP contribution in [0.3, 0.4) is 0 Å². The summed E-state index contributed by atoms with van der Waals surface area (Å²) in [6.07, 6.45) is -0.0583. The van der Waals surface area contributed by atoms with E-state index in [-0.39, 0.29) is 6.17 Å². The minimum absolute atomic E-state index is 0.0583. The van der Waals surface area contributed by atoms with Gasteiger partial charge in [0.05, 0.1) is 17.5 Å². The summed E-state index contributed by atoms with van der Waals surface area (Å²) >= 11 is 0. The second kappa shape index (κ2) is 4.55. The molecule has 18 heavy (non-hydrogen) atoms. The number of nitrogen functional groups attached to an aromatic ring is 1. The topological polar surface area (TPSA) is 85.8 Å². The lowest BCUT2D eigenvalue weighted by Crippen LogP contribution is -2.56. The number of hydrogen-bond donors (Lipinski definition) is 3. The van der Waals surface area contributed by atoms with E-state index in [4.69, 9.17) is 20.9 Å². The van der Waals surface area contributed by atoms with E-state index in [0.717, 1.165) is 31.1 Å². The van der Waals surface area contributed by atoms with E-state index in [1.165, 1.54) is 0 Å². The average molecular weight is 250 g/mol. The summed E-state index contributed by atoms with van der Waals surface area (Å²) in [5, 5.41) is 3.26. The molecule has 0 amide bonds. The second-order valence-corrected chi connectivity index (χ2v) is 4.49. The van der Waals surface area contributed by atoms with E-state index in [1.54, 1.807) is 0 Å². The standard InChI is InChI=1S/C12H18N4O2/c13-8-1-2-9(12-11(8)17-5-6-18-12)16-4-3-15-7-10(16)14/h1-2,10,15H,3-7,13-14H2. The zero-order chi connectivity index (χ0) is 12.5. The maximum atomic E-state index is 6.12. The maximum Gasteiger partial charge on any atom is 0.186 e. The predicted octanol–water partition coefficient (Wildman–Crippen LogP) is -0.266. The monoisotopic (exact) mass is 250 g/mol. The summed E-state index contributed by atoms with van der Waals surface area (Å²) in [6, 6.07) is 3.80. The summed E-state index contributed by atoms with van der Waals surface area (Å²) in [4.78, 5) is 2.13. The number of piperazine rings is 1. The molecule has 0 aliphatic carbocycles. The molecule has 1 aromatic carbocycles. The van der Waals surface area contributed by atoms with Crippen LogP contribution in [0.2, 0.25) is 0 Å². The SMILES string of the molecule is Nc1ccc(N2CCNCC2N)c2c1OCCO2. The molecule has 6 nitrogen and oxygen atoms in total. The smallest absolute Gasteiger partial charge is 0.186 e. The van der Waals surface area contributed by atoms with Gasteiger partial charge in [0.2, 0.25) is 0 Å². The minimum atomic E-state index is -0.0583. The van der Waals surface area contributed by atoms with E-state index >= 15 is 0 Å². The first-order chi connectivity index (χ1) is 8.77. The Hall–Kier alpha value is -1.66. The highest BCUT2D eigenvalue weighted by Gasteiger charge is 2.26. The van der Waals surface area contributed by atoms with Crippen molar-refractivity contribution in [1.29, 1.82) is 0 Å². The average Bonchev–Trinajstić information content (AvgIpc) is 2.41. The third-order valence-electron chi connectivity index (χ3n) is 3.29. The fourth-order valence-electron chi connectivity index (χ4n) is 2.39. The zero-order valence-corrected chi connectivity index (χ0v) is 10.2. The van der Waals surface area contributed by atoms with Gasteiger partial charge in [0, 0.05) is 19.6 Å². The highest BCUT2D eigenvalue weighted by Crippen LogP contribution is 2.44. The fraction of sp³-hybridized carbons (Fsp3) is 0.500. The molecule has 1 aromatic rings. The summed E-state index contributed by atoms with van der Waals surface area (Å²) in [7, 11) is 0. The van der Waals surface area contributed by atoms with Crippen LogP contribution in [0.4, 0.5) is 11.4 Å². The van der Waals surface area contributed by atoms with Crippen molar-refractivity contribution in [2.45, 2.75) is 6.17 Å². The van der Waals surface area contributed by atoms with Gasteiger partial charge in [-0.05, 0) is 12.1 Å². The van der Waals surface area contributed by atoms with Crippen molar-refractivity contribution in [2.24, 2.45) is 5.73 Å². The minimum Gasteiger partial charge on any atom is -0.484 e. The Labute approximate surface area is 106 Å². The number of rotatable bonds is 1. The zero-order valence-electron chi connectivity index (χ0n) is 10.2. The third-order valence-corrected chi connectivity index (χ3v) is 3.29. The summed E-state index contributed by atoms with van der Waals surface area (Å²) < 4.78 is 11.3. The fourth-order valence-corrected chi connectivity index (χ4v) is 2.39. The Bertz CT molecular complexity index is 452. The van der Waals surface area contributed by atoms with Crippen LogP contribution in [-0.4, -0.2) is 39.0 Å². The number of ether oxygens (including phenoxy) is 2. The molecule has 6 heteroatoms. The summed E-state index contributed by atoms with van der Waals surface area (Å²) in [5.41, 5.74) is 13.6. The van der Waals surface area contributed by atoms with Crippen LogP contribution in [0, 0.1) is 0 Å². The normalized spacial score (nSPS) is 22.9. The molecule has 2 aliphatic rings. The molecule has 1 atom stereocenters. The molecule has 2 heterocycles. The number of fused-ring (bicyclic) bond motifs is 1. The Morgan fingerprint density at radius 2 is 2.00 bits per heavy atom. The van der Waals surface area contributed by atoms with E-state index in [1.807, 2.05) is 12.1 Å². The molecule has 0 spiro atoms. The first-order valence-electron chi connectivity index (χ1n) is 6.18. The van der Waals surface area contributed by atoms with Gasteiger partial charge in [0.1, 0.15) is 13.2 Å². The first kappa shape index (κ1) is 11.4. The lowest BCUT2D eigenvalue weighted by Gasteiger charge is -2.37. The van der Waals surface area contributed by atoms with Gasteiger partial charge >= 0.3 is 0 Å². The Morgan fingerprint density at radius 3 is 2.78 bits per heavy atom. The van der Waals surface area contributed by atoms with Gasteiger partial charge in [-0.1, -0.05) is 0 Å². The van der Waals surface area contributed by atoms with E-state index in [9.17, 15) is 0 Å². The van der Waals surface area contributed by atoms with E-state index in [0.29, 0.717) is 24.7 Å². The van der Waals surface area contributed by atoms with Gasteiger partial charge in [0.25, 0.3) is 0 Å². The van der Waals surface area contributed by atoms with E-state index in [2.05, 4.69) is 10.2 Å². The van der Waals surface area contributed by atoms with Gasteiger partial charge in [-0.2, -0.15) is 0 Å². The Morgan fingerprint density at radius 1 is 1.22 bits per heavy atom. The number of benzene rings is 1. The Kier molecular flexibility index (Phi) is 2.89. The molecule has 1 unspecified atom stereocenters. The number of hydrogen-bond acceptors (Lipinski definition) is 6. The Balaban J connectivity index is 2.01. The van der Waals surface area contributed by atoms with Crippen molar-refractivity contribution < 1.29 is 9.47 Å². The van der Waals surface area contributed by atoms with E-state index < -0.39 is 0 Å².